The standard InChI is InChI=1S/C54H76N16O10/c1-33(71)65-40(21-12-25-62-53(57)58)49(76)69-42(48(56)75)30-46(73)61-24-11-10-20-39(47(55)74)67-52(79)44(29-36-31-64-38-19-9-8-18-37(36)38)70-50(77)41(22-13-26-63-54(59)60)68-51(78)43(28-34-14-4-2-5-15-34)66-45(72)23-27-80-32-35-16-6-3-7-17-35/h2-9,14-19,31,39-44,64H,10-13,20-30,32H2,1H3,(H2,55,74)(H2,56,75)(H,61,73)(H,65,71)(H,66,72)(H,67,79)(H,68,78)(H,69,76)(H,70,77)(H4,57,58,62)(H4,59,60,63)/t39-,40-,41-,42-,43+,44-/m0/s1. The number of carbonyl (C=O) groups excluding carboxylic acids is 9. The van der Waals surface area contributed by atoms with Gasteiger partial charge in [0.1, 0.15) is 36.3 Å². The number of guanidine groups is 2. The molecular formula is C54H76N16O10. The maximum absolute atomic E-state index is 14.5. The molecule has 26 nitrogen and oxygen atoms in total. The molecule has 0 spiro atoms. The number of hydrogen-bond acceptors (Lipinski definition) is 12. The third kappa shape index (κ3) is 23.7. The normalized spacial score (nSPS) is 13.1. The second-order valence-electron chi connectivity index (χ2n) is 19.0. The summed E-state index contributed by atoms with van der Waals surface area (Å²) in [6, 6.07) is 18.2. The summed E-state index contributed by atoms with van der Waals surface area (Å²) in [4.78, 5) is 123. The molecule has 3 aromatic carbocycles. The summed E-state index contributed by atoms with van der Waals surface area (Å²) in [6.07, 6.45) is 2.26. The number of nitrogens with one attached hydrogen (secondary N) is 12. The summed E-state index contributed by atoms with van der Waals surface area (Å²) in [5, 5.41) is 39.4. The van der Waals surface area contributed by atoms with Crippen LogP contribution in [-0.2, 0) is 67.3 Å². The van der Waals surface area contributed by atoms with Gasteiger partial charge in [-0.2, -0.15) is 0 Å². The van der Waals surface area contributed by atoms with Gasteiger partial charge in [-0.1, -0.05) is 78.9 Å². The molecule has 20 N–H and O–H groups in total. The molecule has 0 aliphatic heterocycles. The molecule has 9 amide bonds. The molecule has 1 aromatic heterocycles. The fraction of sp³-hybridized carbons (Fsp3) is 0.426. The van der Waals surface area contributed by atoms with Crippen molar-refractivity contribution in [3.63, 3.8) is 0 Å². The summed E-state index contributed by atoms with van der Waals surface area (Å²) in [5.74, 6) is -7.08. The van der Waals surface area contributed by atoms with E-state index in [1.807, 2.05) is 60.7 Å². The minimum Gasteiger partial charge on any atom is -0.376 e. The monoisotopic (exact) mass is 1110 g/mol. The molecule has 0 aliphatic rings. The van der Waals surface area contributed by atoms with Gasteiger partial charge in [0.05, 0.1) is 19.6 Å². The maximum Gasteiger partial charge on any atom is 0.243 e. The van der Waals surface area contributed by atoms with Gasteiger partial charge in [-0.15, -0.1) is 0 Å². The highest BCUT2D eigenvalue weighted by Gasteiger charge is 2.32. The number of aromatic amines is 1. The summed E-state index contributed by atoms with van der Waals surface area (Å²) in [6.45, 7) is 2.00. The number of fused-ring (bicyclic) bond motifs is 1. The first-order chi connectivity index (χ1) is 38.3. The van der Waals surface area contributed by atoms with Crippen LogP contribution in [0, 0.1) is 10.8 Å². The molecule has 0 fully saturated rings. The Morgan fingerprint density at radius 1 is 0.512 bits per heavy atom. The lowest BCUT2D eigenvalue weighted by molar-refractivity contribution is -0.134. The molecule has 80 heavy (non-hydrogen) atoms. The number of ether oxygens (including phenoxy) is 1. The second kappa shape index (κ2) is 33.9. The van der Waals surface area contributed by atoms with Crippen LogP contribution >= 0.6 is 0 Å². The van der Waals surface area contributed by atoms with E-state index >= 15 is 0 Å². The Morgan fingerprint density at radius 3 is 1.59 bits per heavy atom. The predicted molar refractivity (Wildman–Crippen MR) is 298 cm³/mol. The zero-order valence-electron chi connectivity index (χ0n) is 44.8. The van der Waals surface area contributed by atoms with Crippen molar-refractivity contribution in [3.8, 4) is 0 Å². The molecule has 0 saturated carbocycles. The first kappa shape index (κ1) is 63.5. The van der Waals surface area contributed by atoms with Gasteiger partial charge in [0.2, 0.25) is 53.2 Å². The molecule has 0 unspecified atom stereocenters. The van der Waals surface area contributed by atoms with Gasteiger partial charge < -0.3 is 80.5 Å². The first-order valence-corrected chi connectivity index (χ1v) is 26.3. The molecule has 26 heteroatoms. The molecule has 4 rings (SSSR count). The minimum atomic E-state index is -1.43. The van der Waals surface area contributed by atoms with Crippen molar-refractivity contribution in [2.75, 3.05) is 26.2 Å². The Kier molecular flexibility index (Phi) is 26.9. The van der Waals surface area contributed by atoms with Crippen molar-refractivity contribution in [2.45, 2.75) is 120 Å². The summed E-state index contributed by atoms with van der Waals surface area (Å²) >= 11 is 0. The van der Waals surface area contributed by atoms with Crippen molar-refractivity contribution >= 4 is 76.0 Å². The quantitative estimate of drug-likeness (QED) is 0.0143. The van der Waals surface area contributed by atoms with Gasteiger partial charge in [-0.05, 0) is 67.7 Å². The Bertz CT molecular complexity index is 2730. The summed E-state index contributed by atoms with van der Waals surface area (Å²) < 4.78 is 5.71. The number of aromatic nitrogens is 1. The minimum absolute atomic E-state index is 0.00191. The number of primary amides is 2. The van der Waals surface area contributed by atoms with E-state index in [0.717, 1.165) is 22.0 Å². The average Bonchev–Trinajstić information content (AvgIpc) is 3.83. The number of benzene rings is 3. The lowest BCUT2D eigenvalue weighted by Crippen LogP contribution is -2.58. The van der Waals surface area contributed by atoms with E-state index in [9.17, 15) is 43.2 Å². The lowest BCUT2D eigenvalue weighted by atomic mass is 10.0. The van der Waals surface area contributed by atoms with E-state index in [-0.39, 0.29) is 103 Å². The Labute approximate surface area is 463 Å². The van der Waals surface area contributed by atoms with E-state index in [1.165, 1.54) is 6.92 Å². The number of nitrogens with two attached hydrogens (primary N) is 4. The van der Waals surface area contributed by atoms with Crippen molar-refractivity contribution in [2.24, 2.45) is 22.9 Å². The zero-order valence-corrected chi connectivity index (χ0v) is 44.8. The maximum atomic E-state index is 14.5. The number of hydrogen-bond donors (Lipinski definition) is 16. The van der Waals surface area contributed by atoms with Crippen LogP contribution in [0.1, 0.15) is 81.4 Å². The van der Waals surface area contributed by atoms with E-state index in [2.05, 4.69) is 52.8 Å². The van der Waals surface area contributed by atoms with Gasteiger partial charge in [0.25, 0.3) is 0 Å². The molecule has 0 aliphatic carbocycles. The van der Waals surface area contributed by atoms with Crippen molar-refractivity contribution in [3.05, 3.63) is 108 Å². The molecule has 0 saturated heterocycles. The number of unbranched alkanes of at least 4 members (excludes halogenated alkanes) is 1. The number of carbonyl (C=O) groups is 9. The van der Waals surface area contributed by atoms with Gasteiger partial charge in [-0.3, -0.25) is 54.0 Å². The molecule has 1 heterocycles. The SMILES string of the molecule is CC(=O)N[C@@H](CCCNC(=N)N)C(=O)N[C@@H](CC(=O)NCCCC[C@H](NC(=O)[C@H](Cc1c[nH]c2ccccc12)NC(=O)[C@H](CCCNC(=N)N)NC(=O)[C@@H](Cc1ccccc1)NC(=O)CCOCc1ccccc1)C(N)=O)C(N)=O. The fourth-order valence-corrected chi connectivity index (χ4v) is 8.38. The number of rotatable bonds is 36. The van der Waals surface area contributed by atoms with E-state index in [1.54, 1.807) is 30.5 Å². The van der Waals surface area contributed by atoms with Gasteiger partial charge in [-0.25, -0.2) is 0 Å². The van der Waals surface area contributed by atoms with Crippen LogP contribution in [0.5, 0.6) is 0 Å². The van der Waals surface area contributed by atoms with Crippen molar-refractivity contribution in [1.82, 2.24) is 52.8 Å². The Morgan fingerprint density at radius 2 is 1.00 bits per heavy atom. The van der Waals surface area contributed by atoms with E-state index in [4.69, 9.17) is 38.5 Å². The van der Waals surface area contributed by atoms with Crippen LogP contribution in [-0.4, -0.2) is 133 Å². The van der Waals surface area contributed by atoms with Crippen molar-refractivity contribution in [1.29, 1.82) is 10.8 Å². The van der Waals surface area contributed by atoms with Crippen LogP contribution in [0.4, 0.5) is 0 Å². The second-order valence-corrected chi connectivity index (χ2v) is 19.0. The van der Waals surface area contributed by atoms with Gasteiger partial charge in [0, 0.05) is 62.9 Å². The van der Waals surface area contributed by atoms with Crippen LogP contribution in [0.2, 0.25) is 0 Å². The average molecular weight is 1110 g/mol. The summed E-state index contributed by atoms with van der Waals surface area (Å²) in [7, 11) is 0. The fourth-order valence-electron chi connectivity index (χ4n) is 8.38. The molecule has 6 atom stereocenters. The lowest BCUT2D eigenvalue weighted by Gasteiger charge is -2.26. The van der Waals surface area contributed by atoms with E-state index in [0.29, 0.717) is 12.0 Å². The predicted octanol–water partition coefficient (Wildman–Crippen LogP) is -1.34. The number of para-hydroxylation sites is 1. The van der Waals surface area contributed by atoms with Crippen LogP contribution in [0.15, 0.2) is 91.1 Å². The third-order valence-corrected chi connectivity index (χ3v) is 12.5. The topological polar surface area (TPSA) is 439 Å². The highest BCUT2D eigenvalue weighted by Crippen LogP contribution is 2.20. The highest BCUT2D eigenvalue weighted by molar-refractivity contribution is 5.97. The highest BCUT2D eigenvalue weighted by atomic mass is 16.5. The van der Waals surface area contributed by atoms with Gasteiger partial charge in [0.15, 0.2) is 11.9 Å². The first-order valence-electron chi connectivity index (χ1n) is 26.3. The van der Waals surface area contributed by atoms with Gasteiger partial charge >= 0.3 is 0 Å². The largest absolute Gasteiger partial charge is 0.376 e. The molecule has 0 bridgehead atoms. The smallest absolute Gasteiger partial charge is 0.243 e. The van der Waals surface area contributed by atoms with Crippen LogP contribution < -0.4 is 70.8 Å². The van der Waals surface area contributed by atoms with Crippen LogP contribution in [0.25, 0.3) is 10.9 Å². The number of amides is 9. The van der Waals surface area contributed by atoms with Crippen molar-refractivity contribution < 1.29 is 47.9 Å². The Hall–Kier alpha value is -9.07. The molecule has 432 valence electrons. The molecule has 4 aromatic rings. The van der Waals surface area contributed by atoms with E-state index < -0.39 is 95.8 Å². The Balaban J connectivity index is 1.44. The molecular weight excluding hydrogens is 1030 g/mol. The third-order valence-electron chi connectivity index (χ3n) is 12.5. The molecule has 0 radical (unpaired) electrons. The zero-order chi connectivity index (χ0) is 58.4. The number of H-pyrrole nitrogens is 1. The van der Waals surface area contributed by atoms with Crippen LogP contribution in [0.3, 0.4) is 0 Å². The summed E-state index contributed by atoms with van der Waals surface area (Å²) in [5.41, 5.74) is 25.2.